The lowest BCUT2D eigenvalue weighted by Crippen LogP contribution is -2.41. The first-order chi connectivity index (χ1) is 11.4. The van der Waals surface area contributed by atoms with Gasteiger partial charge >= 0.3 is 7.12 Å². The summed E-state index contributed by atoms with van der Waals surface area (Å²) in [7, 11) is -0.371. The van der Waals surface area contributed by atoms with Crippen molar-refractivity contribution in [2.24, 2.45) is 0 Å². The van der Waals surface area contributed by atoms with Crippen molar-refractivity contribution < 1.29 is 13.7 Å². The van der Waals surface area contributed by atoms with E-state index in [9.17, 15) is 0 Å². The first-order valence-corrected chi connectivity index (χ1v) is 9.25. The molecule has 1 aliphatic heterocycles. The van der Waals surface area contributed by atoms with Crippen molar-refractivity contribution in [3.63, 3.8) is 0 Å². The lowest BCUT2D eigenvalue weighted by Gasteiger charge is -2.32. The second-order valence-corrected chi connectivity index (χ2v) is 8.34. The fraction of sp³-hybridized carbons (Fsp3) is 0.600. The number of benzene rings is 1. The van der Waals surface area contributed by atoms with Gasteiger partial charge in [0.2, 0.25) is 0 Å². The summed E-state index contributed by atoms with van der Waals surface area (Å²) in [6.07, 6.45) is 6.46. The zero-order valence-corrected chi connectivity index (χ0v) is 15.2. The molecule has 0 bridgehead atoms. The average molecular weight is 326 g/mol. The van der Waals surface area contributed by atoms with Crippen molar-refractivity contribution in [2.75, 3.05) is 0 Å². The van der Waals surface area contributed by atoms with E-state index in [-0.39, 0.29) is 18.3 Å². The lowest BCUT2D eigenvalue weighted by molar-refractivity contribution is 0.00578. The SMILES string of the molecule is CC1(C)OB(c2cccc3cc(C4CCCCC4)oc23)OC1(C)C. The van der Waals surface area contributed by atoms with Crippen LogP contribution in [0.2, 0.25) is 0 Å². The molecule has 24 heavy (non-hydrogen) atoms. The third kappa shape index (κ3) is 2.60. The largest absolute Gasteiger partial charge is 0.498 e. The van der Waals surface area contributed by atoms with Gasteiger partial charge in [0, 0.05) is 16.8 Å². The summed E-state index contributed by atoms with van der Waals surface area (Å²) in [6, 6.07) is 8.49. The van der Waals surface area contributed by atoms with Crippen molar-refractivity contribution in [3.05, 3.63) is 30.0 Å². The number of hydrogen-bond acceptors (Lipinski definition) is 3. The number of furan rings is 1. The van der Waals surface area contributed by atoms with Gasteiger partial charge in [-0.25, -0.2) is 0 Å². The van der Waals surface area contributed by atoms with Gasteiger partial charge in [0.15, 0.2) is 0 Å². The minimum atomic E-state index is -0.371. The summed E-state index contributed by atoms with van der Waals surface area (Å²) in [5, 5.41) is 1.16. The predicted octanol–water partition coefficient (Wildman–Crippen LogP) is 4.78. The highest BCUT2D eigenvalue weighted by Gasteiger charge is 2.52. The van der Waals surface area contributed by atoms with E-state index < -0.39 is 0 Å². The van der Waals surface area contributed by atoms with E-state index in [4.69, 9.17) is 13.7 Å². The monoisotopic (exact) mass is 326 g/mol. The molecule has 0 amide bonds. The highest BCUT2D eigenvalue weighted by molar-refractivity contribution is 6.64. The molecule has 0 N–H and O–H groups in total. The average Bonchev–Trinajstić information content (AvgIpc) is 3.06. The van der Waals surface area contributed by atoms with Crippen molar-refractivity contribution >= 4 is 23.6 Å². The van der Waals surface area contributed by atoms with E-state index in [0.29, 0.717) is 5.92 Å². The van der Waals surface area contributed by atoms with Crippen LogP contribution in [0.15, 0.2) is 28.7 Å². The van der Waals surface area contributed by atoms with Gasteiger partial charge in [-0.3, -0.25) is 0 Å². The molecule has 4 heteroatoms. The van der Waals surface area contributed by atoms with E-state index in [2.05, 4.69) is 52.0 Å². The van der Waals surface area contributed by atoms with Gasteiger partial charge in [-0.05, 0) is 46.6 Å². The van der Waals surface area contributed by atoms with Crippen LogP contribution in [0.1, 0.15) is 71.5 Å². The van der Waals surface area contributed by atoms with E-state index in [0.717, 1.165) is 22.2 Å². The van der Waals surface area contributed by atoms with Crippen LogP contribution in [0.25, 0.3) is 11.0 Å². The molecule has 2 aromatic rings. The van der Waals surface area contributed by atoms with Gasteiger partial charge < -0.3 is 13.7 Å². The molecular formula is C20H27BO3. The molecule has 0 spiro atoms. The molecule has 4 rings (SSSR count). The maximum Gasteiger partial charge on any atom is 0.498 e. The molecule has 0 atom stereocenters. The molecule has 2 fully saturated rings. The van der Waals surface area contributed by atoms with E-state index in [1.807, 2.05) is 0 Å². The summed E-state index contributed by atoms with van der Waals surface area (Å²) in [4.78, 5) is 0. The van der Waals surface area contributed by atoms with E-state index >= 15 is 0 Å². The van der Waals surface area contributed by atoms with Crippen molar-refractivity contribution in [2.45, 2.75) is 76.9 Å². The highest BCUT2D eigenvalue weighted by atomic mass is 16.7. The number of rotatable bonds is 2. The van der Waals surface area contributed by atoms with Gasteiger partial charge in [0.05, 0.1) is 11.2 Å². The molecule has 1 aliphatic carbocycles. The fourth-order valence-corrected chi connectivity index (χ4v) is 3.85. The topological polar surface area (TPSA) is 31.6 Å². The third-order valence-corrected chi connectivity index (χ3v) is 6.11. The molecule has 128 valence electrons. The second kappa shape index (κ2) is 5.64. The van der Waals surface area contributed by atoms with Crippen LogP contribution in [0.4, 0.5) is 0 Å². The third-order valence-electron chi connectivity index (χ3n) is 6.11. The molecular weight excluding hydrogens is 299 g/mol. The van der Waals surface area contributed by atoms with Crippen molar-refractivity contribution in [3.8, 4) is 0 Å². The van der Waals surface area contributed by atoms with Crippen LogP contribution in [0.3, 0.4) is 0 Å². The molecule has 2 heterocycles. The number of hydrogen-bond donors (Lipinski definition) is 0. The van der Waals surface area contributed by atoms with Crippen molar-refractivity contribution in [1.82, 2.24) is 0 Å². The standard InChI is InChI=1S/C20H27BO3/c1-19(2)20(3,4)24-21(23-19)16-12-8-11-15-13-17(22-18(15)16)14-9-6-5-7-10-14/h8,11-14H,5-7,9-10H2,1-4H3. The molecule has 0 radical (unpaired) electrons. The molecule has 1 saturated carbocycles. The molecule has 3 nitrogen and oxygen atoms in total. The maximum absolute atomic E-state index is 6.33. The zero-order chi connectivity index (χ0) is 16.9. The van der Waals surface area contributed by atoms with Gasteiger partial charge in [0.25, 0.3) is 0 Å². The fourth-order valence-electron chi connectivity index (χ4n) is 3.85. The lowest BCUT2D eigenvalue weighted by atomic mass is 9.78. The smallest absolute Gasteiger partial charge is 0.461 e. The van der Waals surface area contributed by atoms with Crippen molar-refractivity contribution in [1.29, 1.82) is 0 Å². The van der Waals surface area contributed by atoms with Crippen LogP contribution < -0.4 is 5.46 Å². The van der Waals surface area contributed by atoms with Gasteiger partial charge in [0.1, 0.15) is 11.3 Å². The number of para-hydroxylation sites is 1. The Morgan fingerprint density at radius 1 is 0.958 bits per heavy atom. The Labute approximate surface area is 144 Å². The second-order valence-electron chi connectivity index (χ2n) is 8.34. The Morgan fingerprint density at radius 3 is 2.29 bits per heavy atom. The summed E-state index contributed by atoms with van der Waals surface area (Å²) < 4.78 is 18.8. The Balaban J connectivity index is 1.70. The van der Waals surface area contributed by atoms with Crippen LogP contribution in [0, 0.1) is 0 Å². The highest BCUT2D eigenvalue weighted by Crippen LogP contribution is 2.38. The minimum absolute atomic E-state index is 0.335. The molecule has 1 aromatic heterocycles. The molecule has 1 saturated heterocycles. The van der Waals surface area contributed by atoms with Gasteiger partial charge in [-0.1, -0.05) is 37.5 Å². The Hall–Kier alpha value is -1.26. The Bertz CT molecular complexity index is 724. The van der Waals surface area contributed by atoms with Gasteiger partial charge in [-0.15, -0.1) is 0 Å². The predicted molar refractivity (Wildman–Crippen MR) is 97.8 cm³/mol. The molecule has 1 aromatic carbocycles. The first kappa shape index (κ1) is 16.2. The van der Waals surface area contributed by atoms with E-state index in [1.165, 1.54) is 32.1 Å². The van der Waals surface area contributed by atoms with Crippen LogP contribution in [-0.4, -0.2) is 18.3 Å². The zero-order valence-electron chi connectivity index (χ0n) is 15.2. The summed E-state index contributed by atoms with van der Waals surface area (Å²) in [5.41, 5.74) is 1.27. The minimum Gasteiger partial charge on any atom is -0.461 e. The maximum atomic E-state index is 6.33. The summed E-state index contributed by atoms with van der Waals surface area (Å²) in [6.45, 7) is 8.34. The number of fused-ring (bicyclic) bond motifs is 1. The van der Waals surface area contributed by atoms with Gasteiger partial charge in [-0.2, -0.15) is 0 Å². The summed E-state index contributed by atoms with van der Waals surface area (Å²) in [5.74, 6) is 1.70. The van der Waals surface area contributed by atoms with Crippen LogP contribution in [0.5, 0.6) is 0 Å². The van der Waals surface area contributed by atoms with E-state index in [1.54, 1.807) is 0 Å². The van der Waals surface area contributed by atoms with Crippen LogP contribution in [-0.2, 0) is 9.31 Å². The first-order valence-electron chi connectivity index (χ1n) is 9.25. The molecule has 2 aliphatic rings. The normalized spacial score (nSPS) is 23.9. The molecule has 0 unspecified atom stereocenters. The Kier molecular flexibility index (Phi) is 3.81. The van der Waals surface area contributed by atoms with Crippen LogP contribution >= 0.6 is 0 Å². The summed E-state index contributed by atoms with van der Waals surface area (Å²) >= 11 is 0. The Morgan fingerprint density at radius 2 is 1.62 bits per heavy atom. The quantitative estimate of drug-likeness (QED) is 0.744.